The number of amides is 3. The predicted octanol–water partition coefficient (Wildman–Crippen LogP) is 5.76. The van der Waals surface area contributed by atoms with Gasteiger partial charge in [-0.1, -0.05) is 29.8 Å². The van der Waals surface area contributed by atoms with Crippen LogP contribution in [-0.2, 0) is 36.0 Å². The first-order valence-corrected chi connectivity index (χ1v) is 18.2. The summed E-state index contributed by atoms with van der Waals surface area (Å²) in [6.45, 7) is 5.19. The summed E-state index contributed by atoms with van der Waals surface area (Å²) in [5, 5.41) is 0.727. The van der Waals surface area contributed by atoms with E-state index in [1.807, 2.05) is 18.2 Å². The van der Waals surface area contributed by atoms with Crippen LogP contribution in [0.15, 0.2) is 57.8 Å². The Morgan fingerprint density at radius 1 is 1.19 bits per heavy atom. The van der Waals surface area contributed by atoms with Gasteiger partial charge in [-0.2, -0.15) is 0 Å². The fraction of sp³-hybridized carbons (Fsp3) is 0.543. The Morgan fingerprint density at radius 3 is 2.72 bits per heavy atom. The van der Waals surface area contributed by atoms with Gasteiger partial charge in [-0.15, -0.1) is 4.36 Å². The number of aryl methyl sites for hydroxylation is 1. The number of anilines is 1. The summed E-state index contributed by atoms with van der Waals surface area (Å²) in [7, 11) is 1.03. The number of urea groups is 1. The number of ether oxygens (including phenoxy) is 3. The quantitative estimate of drug-likeness (QED) is 0.401. The molecule has 1 fully saturated rings. The standard InChI is InChI=1S/C35H45ClN4O6S/c1-34(2)32(41)37-47(43,38-33(42)39(3)4)26-12-15-31-29(19-26)40(20-24-10-13-27(24)30(44-5)9-7-17-46-34)21-35(22-45-31)16-6-8-23-18-25(36)11-14-28(23)35/h7,9,11-12,14-15,18-19,24,27,30H,6,8,10,13,16-17,20-22H2,1-5H3,(H,37,38,41,42,43)/t24-,27+,30-,35-,47-/m0/s1. The van der Waals surface area contributed by atoms with Crippen molar-refractivity contribution in [2.75, 3.05) is 52.4 Å². The van der Waals surface area contributed by atoms with Crippen LogP contribution < -0.4 is 14.4 Å². The maximum Gasteiger partial charge on any atom is 0.329 e. The van der Waals surface area contributed by atoms with Gasteiger partial charge in [-0.05, 0) is 99.2 Å². The van der Waals surface area contributed by atoms with E-state index < -0.39 is 27.5 Å². The average molecular weight is 685 g/mol. The van der Waals surface area contributed by atoms with E-state index in [0.29, 0.717) is 30.7 Å². The molecule has 1 N–H and O–H groups in total. The molecule has 12 heteroatoms. The molecule has 10 nitrogen and oxygen atoms in total. The summed E-state index contributed by atoms with van der Waals surface area (Å²) < 4.78 is 40.0. The largest absolute Gasteiger partial charge is 0.490 e. The van der Waals surface area contributed by atoms with Gasteiger partial charge in [0, 0.05) is 44.7 Å². The molecule has 2 aliphatic heterocycles. The van der Waals surface area contributed by atoms with Crippen LogP contribution in [0.2, 0.25) is 5.02 Å². The smallest absolute Gasteiger partial charge is 0.329 e. The van der Waals surface area contributed by atoms with Crippen molar-refractivity contribution in [3.8, 4) is 5.75 Å². The van der Waals surface area contributed by atoms with E-state index in [9.17, 15) is 13.8 Å². The van der Waals surface area contributed by atoms with Gasteiger partial charge in [0.05, 0.1) is 29.9 Å². The lowest BCUT2D eigenvalue weighted by molar-refractivity contribution is -0.137. The van der Waals surface area contributed by atoms with E-state index in [0.717, 1.165) is 49.4 Å². The molecule has 2 aliphatic carbocycles. The number of halogens is 1. The molecule has 0 aromatic heterocycles. The van der Waals surface area contributed by atoms with Crippen molar-refractivity contribution in [2.24, 2.45) is 16.2 Å². The van der Waals surface area contributed by atoms with Crippen molar-refractivity contribution in [2.45, 2.75) is 68.0 Å². The summed E-state index contributed by atoms with van der Waals surface area (Å²) in [5.74, 6) is 0.534. The van der Waals surface area contributed by atoms with Crippen LogP contribution in [0, 0.1) is 11.8 Å². The van der Waals surface area contributed by atoms with Crippen molar-refractivity contribution in [1.29, 1.82) is 0 Å². The van der Waals surface area contributed by atoms with Crippen molar-refractivity contribution < 1.29 is 28.0 Å². The first-order chi connectivity index (χ1) is 22.3. The van der Waals surface area contributed by atoms with E-state index in [1.54, 1.807) is 53.3 Å². The first-order valence-electron chi connectivity index (χ1n) is 16.3. The highest BCUT2D eigenvalue weighted by Crippen LogP contribution is 2.47. The van der Waals surface area contributed by atoms with Gasteiger partial charge in [0.25, 0.3) is 5.91 Å². The molecular formula is C35H45ClN4O6S. The van der Waals surface area contributed by atoms with Gasteiger partial charge >= 0.3 is 6.03 Å². The Morgan fingerprint density at radius 2 is 2.00 bits per heavy atom. The van der Waals surface area contributed by atoms with Crippen molar-refractivity contribution in [3.05, 3.63) is 64.7 Å². The van der Waals surface area contributed by atoms with E-state index in [-0.39, 0.29) is 23.0 Å². The number of fused-ring (bicyclic) bond motifs is 4. The van der Waals surface area contributed by atoms with Gasteiger partial charge in [0.2, 0.25) is 0 Å². The normalized spacial score (nSPS) is 30.1. The van der Waals surface area contributed by atoms with Crippen molar-refractivity contribution in [3.63, 3.8) is 0 Å². The molecule has 2 heterocycles. The summed E-state index contributed by atoms with van der Waals surface area (Å²) in [6.07, 6.45) is 8.79. The van der Waals surface area contributed by atoms with Gasteiger partial charge in [0.15, 0.2) is 9.92 Å². The molecule has 4 aliphatic rings. The Hall–Kier alpha value is -3.12. The number of nitrogens with zero attached hydrogens (tertiary/aromatic N) is 3. The van der Waals surface area contributed by atoms with Crippen molar-refractivity contribution >= 4 is 39.1 Å². The maximum absolute atomic E-state index is 14.7. The molecule has 0 saturated heterocycles. The van der Waals surface area contributed by atoms with Crippen LogP contribution in [0.25, 0.3) is 0 Å². The topological polar surface area (TPSA) is 110 Å². The number of hydrogen-bond acceptors (Lipinski definition) is 7. The van der Waals surface area contributed by atoms with Crippen LogP contribution >= 0.6 is 11.6 Å². The monoisotopic (exact) mass is 684 g/mol. The van der Waals surface area contributed by atoms with Crippen LogP contribution in [0.5, 0.6) is 5.75 Å². The van der Waals surface area contributed by atoms with E-state index in [4.69, 9.17) is 25.8 Å². The second-order valence-electron chi connectivity index (χ2n) is 13.9. The highest BCUT2D eigenvalue weighted by molar-refractivity contribution is 7.92. The van der Waals surface area contributed by atoms with E-state index in [1.165, 1.54) is 16.0 Å². The zero-order valence-electron chi connectivity index (χ0n) is 27.8. The van der Waals surface area contributed by atoms with Crippen LogP contribution in [0.1, 0.15) is 50.7 Å². The third-order valence-electron chi connectivity index (χ3n) is 10.2. The summed E-state index contributed by atoms with van der Waals surface area (Å²) >= 11 is 6.44. The van der Waals surface area contributed by atoms with Gasteiger partial charge < -0.3 is 24.0 Å². The number of carbonyl (C=O) groups is 2. The second kappa shape index (κ2) is 13.1. The molecule has 0 radical (unpaired) electrons. The minimum Gasteiger partial charge on any atom is -0.490 e. The molecule has 2 aromatic carbocycles. The number of hydrogen-bond donors (Lipinski definition) is 1. The van der Waals surface area contributed by atoms with Crippen LogP contribution in [-0.4, -0.2) is 80.3 Å². The molecule has 1 saturated carbocycles. The third-order valence-corrected chi connectivity index (χ3v) is 12.2. The molecule has 6 rings (SSSR count). The molecule has 2 bridgehead atoms. The molecule has 5 atom stereocenters. The summed E-state index contributed by atoms with van der Waals surface area (Å²) in [4.78, 5) is 30.4. The van der Waals surface area contributed by atoms with Crippen LogP contribution in [0.3, 0.4) is 0 Å². The number of benzene rings is 2. The highest BCUT2D eigenvalue weighted by atomic mass is 35.5. The van der Waals surface area contributed by atoms with Gasteiger partial charge in [0.1, 0.15) is 11.4 Å². The minimum absolute atomic E-state index is 0.103. The Balaban J connectivity index is 1.51. The third kappa shape index (κ3) is 6.64. The Kier molecular flexibility index (Phi) is 9.38. The number of rotatable bonds is 2. The Labute approximate surface area is 283 Å². The summed E-state index contributed by atoms with van der Waals surface area (Å²) in [6, 6.07) is 10.7. The zero-order chi connectivity index (χ0) is 33.6. The molecule has 1 spiro atoms. The fourth-order valence-electron chi connectivity index (χ4n) is 7.28. The summed E-state index contributed by atoms with van der Waals surface area (Å²) in [5.41, 5.74) is 1.56. The number of methoxy groups -OCH3 is 1. The molecule has 0 unspecified atom stereocenters. The second-order valence-corrected chi connectivity index (χ2v) is 16.3. The molecule has 3 amide bonds. The fourth-order valence-corrected chi connectivity index (χ4v) is 9.14. The maximum atomic E-state index is 14.7. The van der Waals surface area contributed by atoms with E-state index in [2.05, 4.69) is 26.1 Å². The Bertz CT molecular complexity index is 1700. The average Bonchev–Trinajstić information content (AvgIpc) is 3.16. The molecule has 2 aromatic rings. The number of nitrogens with one attached hydrogen (secondary N) is 1. The highest BCUT2D eigenvalue weighted by Gasteiger charge is 2.44. The lowest BCUT2D eigenvalue weighted by atomic mass is 9.68. The zero-order valence-corrected chi connectivity index (χ0v) is 29.4. The SMILES string of the molecule is CO[C@H]1C=CCOC(C)(C)C(=O)N=[S@](=O)(NC(=O)N(C)C)c2ccc3c(c2)N(C[C@@H]2CC[C@H]21)C[C@@]1(CCCc2cc(Cl)ccc21)CO3. The molecule has 254 valence electrons. The minimum atomic E-state index is -3.79. The predicted molar refractivity (Wildman–Crippen MR) is 182 cm³/mol. The van der Waals surface area contributed by atoms with Crippen molar-refractivity contribution in [1.82, 2.24) is 9.62 Å². The van der Waals surface area contributed by atoms with Gasteiger partial charge in [-0.3, -0.25) is 4.79 Å². The lowest BCUT2D eigenvalue weighted by Gasteiger charge is -2.46. The number of carbonyl (C=O) groups excluding carboxylic acids is 2. The van der Waals surface area contributed by atoms with Crippen LogP contribution in [0.4, 0.5) is 10.5 Å². The van der Waals surface area contributed by atoms with E-state index >= 15 is 0 Å². The molecular weight excluding hydrogens is 640 g/mol. The van der Waals surface area contributed by atoms with Gasteiger partial charge in [-0.25, -0.2) is 13.7 Å². The molecule has 47 heavy (non-hydrogen) atoms. The first kappa shape index (κ1) is 33.8. The lowest BCUT2D eigenvalue weighted by Crippen LogP contribution is -2.49.